The molecule has 0 unspecified atom stereocenters. The highest BCUT2D eigenvalue weighted by Gasteiger charge is 2.10. The number of halogens is 2. The maximum absolute atomic E-state index is 6.10. The Hall–Kier alpha value is -0.770. The molecule has 0 radical (unpaired) electrons. The summed E-state index contributed by atoms with van der Waals surface area (Å²) in [5.74, 6) is 1.33. The van der Waals surface area contributed by atoms with Crippen molar-refractivity contribution in [2.24, 2.45) is 0 Å². The van der Waals surface area contributed by atoms with Crippen LogP contribution in [0.1, 0.15) is 23.9 Å². The van der Waals surface area contributed by atoms with Crippen molar-refractivity contribution in [1.82, 2.24) is 9.97 Å². The third-order valence-corrected chi connectivity index (χ3v) is 4.55. The molecule has 1 aromatic heterocycles. The molecule has 0 aliphatic heterocycles. The van der Waals surface area contributed by atoms with Gasteiger partial charge in [-0.1, -0.05) is 48.3 Å². The molecule has 0 amide bonds. The summed E-state index contributed by atoms with van der Waals surface area (Å²) in [5.41, 5.74) is 2.06. The Balaban J connectivity index is 2.15. The summed E-state index contributed by atoms with van der Waals surface area (Å²) >= 11 is 13.9. The number of hydrogen-bond acceptors (Lipinski definition) is 3. The van der Waals surface area contributed by atoms with Gasteiger partial charge in [-0.2, -0.15) is 0 Å². The molecular weight excluding hydrogens is 299 g/mol. The van der Waals surface area contributed by atoms with Crippen LogP contribution in [0.25, 0.3) is 0 Å². The summed E-state index contributed by atoms with van der Waals surface area (Å²) in [6, 6.07) is 8.23. The minimum atomic E-state index is 0.461. The molecule has 2 nitrogen and oxygen atoms in total. The highest BCUT2D eigenvalue weighted by atomic mass is 35.5. The highest BCUT2D eigenvalue weighted by molar-refractivity contribution is 7.98. The zero-order chi connectivity index (χ0) is 13.8. The van der Waals surface area contributed by atoms with E-state index in [1.165, 1.54) is 10.5 Å². The Bertz CT molecular complexity index is 564. The molecule has 0 aliphatic carbocycles. The second-order valence-electron chi connectivity index (χ2n) is 4.11. The monoisotopic (exact) mass is 312 g/mol. The molecule has 100 valence electrons. The topological polar surface area (TPSA) is 25.8 Å². The number of thioether (sulfide) groups is 1. The fourth-order valence-corrected chi connectivity index (χ4v) is 3.26. The van der Waals surface area contributed by atoms with Crippen molar-refractivity contribution in [3.63, 3.8) is 0 Å². The smallest absolute Gasteiger partial charge is 0.142 e. The quantitative estimate of drug-likeness (QED) is 0.590. The maximum Gasteiger partial charge on any atom is 0.142 e. The minimum Gasteiger partial charge on any atom is -0.220 e. The van der Waals surface area contributed by atoms with E-state index in [0.29, 0.717) is 21.9 Å². The molecule has 0 saturated heterocycles. The van der Waals surface area contributed by atoms with Crippen LogP contribution in [0.2, 0.25) is 10.3 Å². The molecule has 0 spiro atoms. The summed E-state index contributed by atoms with van der Waals surface area (Å²) < 4.78 is 0. The first-order valence-electron chi connectivity index (χ1n) is 6.01. The van der Waals surface area contributed by atoms with Crippen LogP contribution in [0.5, 0.6) is 0 Å². The molecule has 2 aromatic rings. The van der Waals surface area contributed by atoms with E-state index in [0.717, 1.165) is 12.0 Å². The van der Waals surface area contributed by atoms with Crippen LogP contribution in [0.3, 0.4) is 0 Å². The van der Waals surface area contributed by atoms with Gasteiger partial charge in [0.2, 0.25) is 0 Å². The first-order chi connectivity index (χ1) is 9.11. The number of aromatic nitrogens is 2. The van der Waals surface area contributed by atoms with Gasteiger partial charge in [0.05, 0.1) is 5.75 Å². The molecule has 0 bridgehead atoms. The molecule has 0 saturated carbocycles. The van der Waals surface area contributed by atoms with Gasteiger partial charge < -0.3 is 0 Å². The summed E-state index contributed by atoms with van der Waals surface area (Å²) in [4.78, 5) is 9.82. The lowest BCUT2D eigenvalue weighted by molar-refractivity contribution is 0.979. The van der Waals surface area contributed by atoms with E-state index in [4.69, 9.17) is 23.2 Å². The Morgan fingerprint density at radius 3 is 2.32 bits per heavy atom. The van der Waals surface area contributed by atoms with Gasteiger partial charge in [-0.05, 0) is 25.0 Å². The van der Waals surface area contributed by atoms with Crippen LogP contribution in [0, 0.1) is 6.92 Å². The third kappa shape index (κ3) is 3.62. The lowest BCUT2D eigenvalue weighted by Crippen LogP contribution is -1.99. The van der Waals surface area contributed by atoms with Crippen LogP contribution < -0.4 is 0 Å². The highest BCUT2D eigenvalue weighted by Crippen LogP contribution is 2.27. The molecule has 1 aromatic carbocycles. The molecule has 0 aliphatic rings. The van der Waals surface area contributed by atoms with E-state index < -0.39 is 0 Å². The number of aryl methyl sites for hydroxylation is 1. The largest absolute Gasteiger partial charge is 0.220 e. The van der Waals surface area contributed by atoms with Crippen molar-refractivity contribution in [2.75, 3.05) is 0 Å². The normalized spacial score (nSPS) is 10.7. The van der Waals surface area contributed by atoms with Gasteiger partial charge in [0.1, 0.15) is 16.1 Å². The zero-order valence-electron chi connectivity index (χ0n) is 10.8. The van der Waals surface area contributed by atoms with Crippen LogP contribution in [0.15, 0.2) is 29.2 Å². The summed E-state index contributed by atoms with van der Waals surface area (Å²) in [6.07, 6.45) is 0.739. The molecule has 2 rings (SSSR count). The van der Waals surface area contributed by atoms with Gasteiger partial charge in [0, 0.05) is 10.5 Å². The summed E-state index contributed by atoms with van der Waals surface area (Å²) in [5, 5.41) is 0.922. The Labute approximate surface area is 127 Å². The standard InChI is InChI=1S/C14H14Cl2N2S/c1-3-10-13(15)17-12(18-14(10)16)8-19-11-7-5-4-6-9(11)2/h4-7H,3,8H2,1-2H3. The molecule has 5 heteroatoms. The Kier molecular flexibility index (Phi) is 5.08. The SMILES string of the molecule is CCc1c(Cl)nc(CSc2ccccc2C)nc1Cl. The molecular formula is C14H14Cl2N2S. The van der Waals surface area contributed by atoms with Crippen molar-refractivity contribution in [3.8, 4) is 0 Å². The van der Waals surface area contributed by atoms with Crippen molar-refractivity contribution in [3.05, 3.63) is 51.5 Å². The van der Waals surface area contributed by atoms with E-state index >= 15 is 0 Å². The van der Waals surface area contributed by atoms with Crippen molar-refractivity contribution >= 4 is 35.0 Å². The summed E-state index contributed by atoms with van der Waals surface area (Å²) in [7, 11) is 0. The second kappa shape index (κ2) is 6.60. The maximum atomic E-state index is 6.10. The van der Waals surface area contributed by atoms with Crippen molar-refractivity contribution < 1.29 is 0 Å². The molecule has 0 N–H and O–H groups in total. The minimum absolute atomic E-state index is 0.461. The van der Waals surface area contributed by atoms with Crippen molar-refractivity contribution in [2.45, 2.75) is 30.9 Å². The van der Waals surface area contributed by atoms with Gasteiger partial charge >= 0.3 is 0 Å². The van der Waals surface area contributed by atoms with Crippen LogP contribution in [-0.2, 0) is 12.2 Å². The predicted octanol–water partition coefficient (Wildman–Crippen LogP) is 4.95. The fourth-order valence-electron chi connectivity index (χ4n) is 1.69. The lowest BCUT2D eigenvalue weighted by atomic mass is 10.2. The van der Waals surface area contributed by atoms with Crippen LogP contribution in [-0.4, -0.2) is 9.97 Å². The van der Waals surface area contributed by atoms with Gasteiger partial charge in [-0.15, -0.1) is 11.8 Å². The first kappa shape index (κ1) is 14.6. The Morgan fingerprint density at radius 2 is 1.74 bits per heavy atom. The average Bonchev–Trinajstić information content (AvgIpc) is 2.37. The molecule has 0 fully saturated rings. The van der Waals surface area contributed by atoms with Crippen LogP contribution >= 0.6 is 35.0 Å². The van der Waals surface area contributed by atoms with E-state index in [1.807, 2.05) is 19.1 Å². The Morgan fingerprint density at radius 1 is 1.11 bits per heavy atom. The van der Waals surface area contributed by atoms with E-state index in [2.05, 4.69) is 29.0 Å². The van der Waals surface area contributed by atoms with Gasteiger partial charge in [0.15, 0.2) is 0 Å². The van der Waals surface area contributed by atoms with Gasteiger partial charge in [-0.25, -0.2) is 9.97 Å². The first-order valence-corrected chi connectivity index (χ1v) is 7.75. The van der Waals surface area contributed by atoms with Crippen LogP contribution in [0.4, 0.5) is 0 Å². The van der Waals surface area contributed by atoms with E-state index in [1.54, 1.807) is 11.8 Å². The van der Waals surface area contributed by atoms with Crippen molar-refractivity contribution in [1.29, 1.82) is 0 Å². The number of benzene rings is 1. The number of rotatable bonds is 4. The fraction of sp³-hybridized carbons (Fsp3) is 0.286. The molecule has 0 atom stereocenters. The molecule has 19 heavy (non-hydrogen) atoms. The van der Waals surface area contributed by atoms with E-state index in [9.17, 15) is 0 Å². The third-order valence-electron chi connectivity index (χ3n) is 2.76. The number of hydrogen-bond donors (Lipinski definition) is 0. The predicted molar refractivity (Wildman–Crippen MR) is 82.2 cm³/mol. The zero-order valence-corrected chi connectivity index (χ0v) is 13.1. The number of nitrogens with zero attached hydrogens (tertiary/aromatic N) is 2. The average molecular weight is 313 g/mol. The molecule has 1 heterocycles. The van der Waals surface area contributed by atoms with Gasteiger partial charge in [-0.3, -0.25) is 0 Å². The lowest BCUT2D eigenvalue weighted by Gasteiger charge is -2.07. The summed E-state index contributed by atoms with van der Waals surface area (Å²) in [6.45, 7) is 4.07. The van der Waals surface area contributed by atoms with E-state index in [-0.39, 0.29) is 0 Å². The van der Waals surface area contributed by atoms with Gasteiger partial charge in [0.25, 0.3) is 0 Å². The second-order valence-corrected chi connectivity index (χ2v) is 5.84.